The molecule has 0 atom stereocenters. The highest BCUT2D eigenvalue weighted by molar-refractivity contribution is 7.17. The second-order valence-corrected chi connectivity index (χ2v) is 6.48. The van der Waals surface area contributed by atoms with E-state index in [1.165, 1.54) is 15.8 Å². The van der Waals surface area contributed by atoms with Gasteiger partial charge in [-0.3, -0.25) is 4.79 Å². The first-order valence-corrected chi connectivity index (χ1v) is 8.36. The van der Waals surface area contributed by atoms with E-state index in [-0.39, 0.29) is 5.91 Å². The van der Waals surface area contributed by atoms with Gasteiger partial charge in [-0.05, 0) is 42.5 Å². The number of nitrogens with zero attached hydrogens (tertiary/aromatic N) is 2. The Bertz CT molecular complexity index is 815. The fourth-order valence-corrected chi connectivity index (χ4v) is 3.44. The largest absolute Gasteiger partial charge is 0.341 e. The van der Waals surface area contributed by atoms with Crippen LogP contribution in [0.25, 0.3) is 10.2 Å². The van der Waals surface area contributed by atoms with Gasteiger partial charge in [0.15, 0.2) is 0 Å². The summed E-state index contributed by atoms with van der Waals surface area (Å²) in [6, 6.07) is 12.5. The van der Waals surface area contributed by atoms with E-state index < -0.39 is 0 Å². The van der Waals surface area contributed by atoms with Gasteiger partial charge in [-0.15, -0.1) is 11.3 Å². The van der Waals surface area contributed by atoms with Crippen LogP contribution in [0.4, 0.5) is 0 Å². The van der Waals surface area contributed by atoms with E-state index in [0.29, 0.717) is 6.54 Å². The summed E-state index contributed by atoms with van der Waals surface area (Å²) in [7, 11) is 1.85. The predicted octanol–water partition coefficient (Wildman–Crippen LogP) is 4.15. The Morgan fingerprint density at radius 1 is 1.27 bits per heavy atom. The van der Waals surface area contributed by atoms with E-state index in [1.54, 1.807) is 16.2 Å². The Balaban J connectivity index is 2.08. The van der Waals surface area contributed by atoms with E-state index in [2.05, 4.69) is 41.1 Å². The lowest BCUT2D eigenvalue weighted by Crippen LogP contribution is -2.28. The number of hydrogen-bond donors (Lipinski definition) is 0. The third kappa shape index (κ3) is 2.55. The average molecular weight is 312 g/mol. The molecule has 3 nitrogen and oxygen atoms in total. The molecule has 2 aromatic heterocycles. The number of hydrogen-bond acceptors (Lipinski definition) is 2. The summed E-state index contributed by atoms with van der Waals surface area (Å²) in [5.74, 6) is 0.0829. The molecule has 0 aliphatic heterocycles. The van der Waals surface area contributed by atoms with Crippen LogP contribution in [0.2, 0.25) is 0 Å². The summed E-state index contributed by atoms with van der Waals surface area (Å²) >= 11 is 1.68. The van der Waals surface area contributed by atoms with E-state index in [0.717, 1.165) is 17.8 Å². The molecular formula is C18H20N2OS. The molecule has 4 heteroatoms. The first kappa shape index (κ1) is 14.9. The first-order chi connectivity index (χ1) is 10.6. The second kappa shape index (κ2) is 5.97. The Morgan fingerprint density at radius 2 is 2.05 bits per heavy atom. The summed E-state index contributed by atoms with van der Waals surface area (Å²) in [5, 5.41) is 2.08. The van der Waals surface area contributed by atoms with Crippen molar-refractivity contribution in [3.05, 3.63) is 58.6 Å². The van der Waals surface area contributed by atoms with Gasteiger partial charge in [0.2, 0.25) is 0 Å². The van der Waals surface area contributed by atoms with Crippen LogP contribution in [0.3, 0.4) is 0 Å². The van der Waals surface area contributed by atoms with Crippen LogP contribution in [0, 0.1) is 6.92 Å². The molecule has 22 heavy (non-hydrogen) atoms. The van der Waals surface area contributed by atoms with Crippen LogP contribution in [-0.2, 0) is 6.54 Å². The molecule has 0 N–H and O–H groups in total. The average Bonchev–Trinajstić information content (AvgIpc) is 3.10. The fraction of sp³-hybridized carbons (Fsp3) is 0.278. The molecule has 3 aromatic rings. The molecule has 0 bridgehead atoms. The number of rotatable bonds is 4. The van der Waals surface area contributed by atoms with Gasteiger partial charge in [-0.1, -0.05) is 24.3 Å². The topological polar surface area (TPSA) is 25.2 Å². The smallest absolute Gasteiger partial charge is 0.270 e. The van der Waals surface area contributed by atoms with Gasteiger partial charge >= 0.3 is 0 Å². The highest BCUT2D eigenvalue weighted by Gasteiger charge is 2.19. The quantitative estimate of drug-likeness (QED) is 0.710. The molecule has 0 fully saturated rings. The number of fused-ring (bicyclic) bond motifs is 1. The summed E-state index contributed by atoms with van der Waals surface area (Å²) in [5.41, 5.74) is 4.41. The van der Waals surface area contributed by atoms with Gasteiger partial charge in [-0.25, -0.2) is 0 Å². The van der Waals surface area contributed by atoms with Crippen molar-refractivity contribution in [1.29, 1.82) is 0 Å². The minimum absolute atomic E-state index is 0.0829. The zero-order valence-corrected chi connectivity index (χ0v) is 14.0. The molecule has 0 saturated carbocycles. The van der Waals surface area contributed by atoms with Crippen LogP contribution >= 0.6 is 11.3 Å². The third-order valence-corrected chi connectivity index (χ3v) is 5.01. The normalized spacial score (nSPS) is 11.0. The second-order valence-electron chi connectivity index (χ2n) is 5.53. The van der Waals surface area contributed by atoms with Gasteiger partial charge in [0.05, 0.1) is 10.2 Å². The zero-order valence-electron chi connectivity index (χ0n) is 13.2. The molecule has 2 heterocycles. The standard InChI is InChI=1S/C18H20N2OS/c1-4-19(3)18(21)16-11-17-15(9-10-22-17)20(16)12-14-8-6-5-7-13(14)2/h5-11H,4,12H2,1-3H3. The number of carbonyl (C=O) groups excluding carboxylic acids is 1. The minimum Gasteiger partial charge on any atom is -0.341 e. The molecule has 0 saturated heterocycles. The van der Waals surface area contributed by atoms with E-state index in [9.17, 15) is 4.79 Å². The monoisotopic (exact) mass is 312 g/mol. The molecule has 3 rings (SSSR count). The molecule has 0 radical (unpaired) electrons. The van der Waals surface area contributed by atoms with Crippen molar-refractivity contribution in [2.45, 2.75) is 20.4 Å². The van der Waals surface area contributed by atoms with E-state index in [1.807, 2.05) is 26.1 Å². The Morgan fingerprint density at radius 3 is 2.77 bits per heavy atom. The van der Waals surface area contributed by atoms with Gasteiger partial charge in [0.25, 0.3) is 5.91 Å². The summed E-state index contributed by atoms with van der Waals surface area (Å²) in [4.78, 5) is 14.4. The van der Waals surface area contributed by atoms with Crippen molar-refractivity contribution in [2.75, 3.05) is 13.6 Å². The molecule has 0 aliphatic carbocycles. The van der Waals surface area contributed by atoms with Crippen molar-refractivity contribution >= 4 is 27.5 Å². The molecule has 0 aliphatic rings. The number of aromatic nitrogens is 1. The molecular weight excluding hydrogens is 292 g/mol. The van der Waals surface area contributed by atoms with E-state index >= 15 is 0 Å². The number of amides is 1. The molecule has 0 unspecified atom stereocenters. The molecule has 1 amide bonds. The van der Waals surface area contributed by atoms with Crippen LogP contribution in [-0.4, -0.2) is 29.0 Å². The van der Waals surface area contributed by atoms with Crippen LogP contribution < -0.4 is 0 Å². The Labute approximate surface area is 134 Å². The maximum absolute atomic E-state index is 12.6. The van der Waals surface area contributed by atoms with Gasteiger partial charge in [0.1, 0.15) is 5.69 Å². The SMILES string of the molecule is CCN(C)C(=O)c1cc2sccc2n1Cc1ccccc1C. The maximum atomic E-state index is 12.6. The van der Waals surface area contributed by atoms with Gasteiger partial charge in [-0.2, -0.15) is 0 Å². The molecule has 0 spiro atoms. The van der Waals surface area contributed by atoms with Crippen molar-refractivity contribution in [3.8, 4) is 0 Å². The predicted molar refractivity (Wildman–Crippen MR) is 92.7 cm³/mol. The van der Waals surface area contributed by atoms with E-state index in [4.69, 9.17) is 0 Å². The summed E-state index contributed by atoms with van der Waals surface area (Å²) in [6.07, 6.45) is 0. The highest BCUT2D eigenvalue weighted by Crippen LogP contribution is 2.27. The van der Waals surface area contributed by atoms with Crippen LogP contribution in [0.1, 0.15) is 28.5 Å². The van der Waals surface area contributed by atoms with Crippen molar-refractivity contribution in [2.24, 2.45) is 0 Å². The molecule has 1 aromatic carbocycles. The minimum atomic E-state index is 0.0829. The van der Waals surface area contributed by atoms with Crippen molar-refractivity contribution < 1.29 is 4.79 Å². The fourth-order valence-electron chi connectivity index (χ4n) is 2.62. The van der Waals surface area contributed by atoms with Crippen molar-refractivity contribution in [3.63, 3.8) is 0 Å². The number of aryl methyl sites for hydroxylation is 1. The summed E-state index contributed by atoms with van der Waals surface area (Å²) in [6.45, 7) is 5.55. The van der Waals surface area contributed by atoms with Crippen LogP contribution in [0.5, 0.6) is 0 Å². The lowest BCUT2D eigenvalue weighted by Gasteiger charge is -2.17. The maximum Gasteiger partial charge on any atom is 0.270 e. The lowest BCUT2D eigenvalue weighted by atomic mass is 10.1. The first-order valence-electron chi connectivity index (χ1n) is 7.48. The highest BCUT2D eigenvalue weighted by atomic mass is 32.1. The van der Waals surface area contributed by atoms with Gasteiger partial charge in [0, 0.05) is 20.1 Å². The Kier molecular flexibility index (Phi) is 4.03. The number of carbonyl (C=O) groups is 1. The number of thiophene rings is 1. The lowest BCUT2D eigenvalue weighted by molar-refractivity contribution is 0.0793. The third-order valence-electron chi connectivity index (χ3n) is 4.15. The van der Waals surface area contributed by atoms with Gasteiger partial charge < -0.3 is 9.47 Å². The zero-order chi connectivity index (χ0) is 15.7. The molecule has 114 valence electrons. The Hall–Kier alpha value is -2.07. The van der Waals surface area contributed by atoms with Crippen LogP contribution in [0.15, 0.2) is 41.8 Å². The number of benzene rings is 1. The van der Waals surface area contributed by atoms with Crippen molar-refractivity contribution in [1.82, 2.24) is 9.47 Å². The summed E-state index contributed by atoms with van der Waals surface area (Å²) < 4.78 is 3.31.